The quantitative estimate of drug-likeness (QED) is 0.840. The first-order chi connectivity index (χ1) is 9.40. The molecule has 1 fully saturated rings. The molecule has 0 amide bonds. The van der Waals surface area contributed by atoms with Crippen molar-refractivity contribution in [2.24, 2.45) is 11.1 Å². The topological polar surface area (TPSA) is 29.3 Å². The number of nitrogens with two attached hydrogens (primary N) is 1. The van der Waals surface area contributed by atoms with Crippen molar-refractivity contribution < 1.29 is 0 Å². The molecule has 20 heavy (non-hydrogen) atoms. The van der Waals surface area contributed by atoms with E-state index in [2.05, 4.69) is 57.0 Å². The van der Waals surface area contributed by atoms with Gasteiger partial charge in [0, 0.05) is 19.3 Å². The summed E-state index contributed by atoms with van der Waals surface area (Å²) in [5.74, 6) is 0. The van der Waals surface area contributed by atoms with Crippen molar-refractivity contribution in [1.29, 1.82) is 0 Å². The Bertz CT molecular complexity index is 452. The lowest BCUT2D eigenvalue weighted by Crippen LogP contribution is -2.52. The number of aryl methyl sites for hydroxylation is 1. The van der Waals surface area contributed by atoms with Gasteiger partial charge in [-0.1, -0.05) is 38.5 Å². The van der Waals surface area contributed by atoms with Crippen LogP contribution in [0.2, 0.25) is 0 Å². The number of hydrogen-bond acceptors (Lipinski definition) is 2. The zero-order chi connectivity index (χ0) is 14.8. The SMILES string of the molecule is Cc1ccccc1N(C)C1(CN)CCCC(C)(C)CC1. The van der Waals surface area contributed by atoms with E-state index < -0.39 is 0 Å². The largest absolute Gasteiger partial charge is 0.367 e. The third-order valence-electron chi connectivity index (χ3n) is 5.33. The van der Waals surface area contributed by atoms with Crippen molar-refractivity contribution in [2.45, 2.75) is 58.4 Å². The van der Waals surface area contributed by atoms with E-state index in [0.717, 1.165) is 6.54 Å². The molecule has 1 aromatic carbocycles. The lowest BCUT2D eigenvalue weighted by Gasteiger charge is -2.43. The highest BCUT2D eigenvalue weighted by Crippen LogP contribution is 2.41. The van der Waals surface area contributed by atoms with Crippen molar-refractivity contribution in [3.63, 3.8) is 0 Å². The molecule has 0 radical (unpaired) electrons. The number of rotatable bonds is 3. The van der Waals surface area contributed by atoms with Gasteiger partial charge >= 0.3 is 0 Å². The van der Waals surface area contributed by atoms with Crippen LogP contribution in [0.15, 0.2) is 24.3 Å². The van der Waals surface area contributed by atoms with E-state index in [1.165, 1.54) is 43.4 Å². The summed E-state index contributed by atoms with van der Waals surface area (Å²) in [5, 5.41) is 0. The molecular formula is C18H30N2. The summed E-state index contributed by atoms with van der Waals surface area (Å²) >= 11 is 0. The minimum atomic E-state index is 0.125. The molecule has 1 aliphatic rings. The zero-order valence-corrected chi connectivity index (χ0v) is 13.6. The first kappa shape index (κ1) is 15.4. The van der Waals surface area contributed by atoms with Gasteiger partial charge in [-0.2, -0.15) is 0 Å². The van der Waals surface area contributed by atoms with E-state index in [4.69, 9.17) is 5.73 Å². The molecule has 0 saturated heterocycles. The van der Waals surface area contributed by atoms with Crippen LogP contribution < -0.4 is 10.6 Å². The molecule has 0 aliphatic heterocycles. The summed E-state index contributed by atoms with van der Waals surface area (Å²) in [4.78, 5) is 2.46. The van der Waals surface area contributed by atoms with Crippen LogP contribution in [0.25, 0.3) is 0 Å². The molecule has 2 rings (SSSR count). The Hall–Kier alpha value is -1.02. The summed E-state index contributed by atoms with van der Waals surface area (Å²) in [7, 11) is 2.23. The fourth-order valence-corrected chi connectivity index (χ4v) is 3.59. The Balaban J connectivity index is 2.29. The van der Waals surface area contributed by atoms with Crippen LogP contribution in [-0.4, -0.2) is 19.1 Å². The van der Waals surface area contributed by atoms with E-state index in [0.29, 0.717) is 5.41 Å². The Morgan fingerprint density at radius 3 is 2.45 bits per heavy atom. The molecular weight excluding hydrogens is 244 g/mol. The van der Waals surface area contributed by atoms with Gasteiger partial charge in [0.25, 0.3) is 0 Å². The third kappa shape index (κ3) is 3.01. The molecule has 0 aromatic heterocycles. The number of hydrogen-bond donors (Lipinski definition) is 1. The highest BCUT2D eigenvalue weighted by Gasteiger charge is 2.38. The molecule has 0 bridgehead atoms. The Labute approximate surface area is 124 Å². The number of likely N-dealkylation sites (N-methyl/N-ethyl adjacent to an activating group) is 1. The number of benzene rings is 1. The van der Waals surface area contributed by atoms with Crippen LogP contribution in [-0.2, 0) is 0 Å². The maximum absolute atomic E-state index is 6.24. The molecule has 112 valence electrons. The first-order valence-corrected chi connectivity index (χ1v) is 7.90. The van der Waals surface area contributed by atoms with E-state index in [1.807, 2.05) is 0 Å². The van der Waals surface area contributed by atoms with E-state index in [-0.39, 0.29) is 5.54 Å². The second-order valence-electron chi connectivity index (χ2n) is 7.29. The van der Waals surface area contributed by atoms with Crippen LogP contribution in [0.1, 0.15) is 51.5 Å². The minimum absolute atomic E-state index is 0.125. The lowest BCUT2D eigenvalue weighted by molar-refractivity contribution is 0.296. The van der Waals surface area contributed by atoms with Gasteiger partial charge in [0.2, 0.25) is 0 Å². The maximum atomic E-state index is 6.24. The van der Waals surface area contributed by atoms with Crippen molar-refractivity contribution in [2.75, 3.05) is 18.5 Å². The summed E-state index contributed by atoms with van der Waals surface area (Å²) < 4.78 is 0. The Kier molecular flexibility index (Phi) is 4.43. The molecule has 2 N–H and O–H groups in total. The van der Waals surface area contributed by atoms with Crippen molar-refractivity contribution in [3.8, 4) is 0 Å². The van der Waals surface area contributed by atoms with Crippen LogP contribution >= 0.6 is 0 Å². The van der Waals surface area contributed by atoms with Crippen LogP contribution in [0.5, 0.6) is 0 Å². The molecule has 1 atom stereocenters. The fraction of sp³-hybridized carbons (Fsp3) is 0.667. The maximum Gasteiger partial charge on any atom is 0.0521 e. The second kappa shape index (κ2) is 5.77. The summed E-state index contributed by atoms with van der Waals surface area (Å²) in [6.07, 6.45) is 6.26. The Morgan fingerprint density at radius 1 is 1.10 bits per heavy atom. The Morgan fingerprint density at radius 2 is 1.80 bits per heavy atom. The van der Waals surface area contributed by atoms with Gasteiger partial charge in [0.05, 0.1) is 5.54 Å². The highest BCUT2D eigenvalue weighted by atomic mass is 15.2. The zero-order valence-electron chi connectivity index (χ0n) is 13.6. The molecule has 0 spiro atoms. The molecule has 2 nitrogen and oxygen atoms in total. The second-order valence-corrected chi connectivity index (χ2v) is 7.29. The van der Waals surface area contributed by atoms with Gasteiger partial charge in [-0.05, 0) is 49.7 Å². The summed E-state index contributed by atoms with van der Waals surface area (Å²) in [6, 6.07) is 8.65. The number of para-hydroxylation sites is 1. The van der Waals surface area contributed by atoms with Crippen LogP contribution in [0, 0.1) is 12.3 Å². The van der Waals surface area contributed by atoms with Crippen molar-refractivity contribution >= 4 is 5.69 Å². The van der Waals surface area contributed by atoms with E-state index in [9.17, 15) is 0 Å². The predicted octanol–water partition coefficient (Wildman–Crippen LogP) is 4.12. The van der Waals surface area contributed by atoms with E-state index >= 15 is 0 Å². The molecule has 1 aliphatic carbocycles. The van der Waals surface area contributed by atoms with Crippen molar-refractivity contribution in [1.82, 2.24) is 0 Å². The monoisotopic (exact) mass is 274 g/mol. The fourth-order valence-electron chi connectivity index (χ4n) is 3.59. The lowest BCUT2D eigenvalue weighted by atomic mass is 9.83. The van der Waals surface area contributed by atoms with Gasteiger partial charge in [-0.25, -0.2) is 0 Å². The van der Waals surface area contributed by atoms with Crippen LogP contribution in [0.4, 0.5) is 5.69 Å². The summed E-state index contributed by atoms with van der Waals surface area (Å²) in [5.41, 5.74) is 9.50. The van der Waals surface area contributed by atoms with E-state index in [1.54, 1.807) is 0 Å². The van der Waals surface area contributed by atoms with Gasteiger partial charge < -0.3 is 10.6 Å². The smallest absolute Gasteiger partial charge is 0.0521 e. The average Bonchev–Trinajstić information content (AvgIpc) is 2.58. The van der Waals surface area contributed by atoms with Crippen molar-refractivity contribution in [3.05, 3.63) is 29.8 Å². The minimum Gasteiger partial charge on any atom is -0.367 e. The first-order valence-electron chi connectivity index (χ1n) is 7.90. The normalized spacial score (nSPS) is 26.1. The van der Waals surface area contributed by atoms with Gasteiger partial charge in [-0.3, -0.25) is 0 Å². The molecule has 1 saturated carbocycles. The van der Waals surface area contributed by atoms with Gasteiger partial charge in [0.1, 0.15) is 0 Å². The average molecular weight is 274 g/mol. The van der Waals surface area contributed by atoms with Gasteiger partial charge in [0.15, 0.2) is 0 Å². The summed E-state index contributed by atoms with van der Waals surface area (Å²) in [6.45, 7) is 7.73. The van der Waals surface area contributed by atoms with Gasteiger partial charge in [-0.15, -0.1) is 0 Å². The standard InChI is InChI=1S/C18H30N2/c1-15-8-5-6-9-16(15)20(4)18(14-19)11-7-10-17(2,3)12-13-18/h5-6,8-9H,7,10-14,19H2,1-4H3. The molecule has 1 aromatic rings. The molecule has 2 heteroatoms. The molecule has 1 unspecified atom stereocenters. The highest BCUT2D eigenvalue weighted by molar-refractivity contribution is 5.54. The number of nitrogens with zero attached hydrogens (tertiary/aromatic N) is 1. The number of anilines is 1. The van der Waals surface area contributed by atoms with Crippen LogP contribution in [0.3, 0.4) is 0 Å². The predicted molar refractivity (Wildman–Crippen MR) is 88.2 cm³/mol. The third-order valence-corrected chi connectivity index (χ3v) is 5.33. The molecule has 0 heterocycles.